The highest BCUT2D eigenvalue weighted by Crippen LogP contribution is 2.29. The third kappa shape index (κ3) is 2.52. The molecule has 0 N–H and O–H groups in total. The van der Waals surface area contributed by atoms with Crippen LogP contribution in [0.1, 0.15) is 19.3 Å². The predicted molar refractivity (Wildman–Crippen MR) is 47.4 cm³/mol. The van der Waals surface area contributed by atoms with Crippen LogP contribution in [0.3, 0.4) is 0 Å². The molecule has 3 heteroatoms. The topological polar surface area (TPSA) is 29.4 Å². The van der Waals surface area contributed by atoms with E-state index in [9.17, 15) is 4.79 Å². The number of aliphatic imine (C=N–C) groups is 1. The van der Waals surface area contributed by atoms with Crippen molar-refractivity contribution in [3.05, 3.63) is 12.3 Å². The van der Waals surface area contributed by atoms with Crippen molar-refractivity contribution in [1.82, 2.24) is 0 Å². The minimum Gasteiger partial charge on any atom is -0.211 e. The molecule has 1 atom stereocenters. The van der Waals surface area contributed by atoms with Gasteiger partial charge in [0.1, 0.15) is 0 Å². The van der Waals surface area contributed by atoms with Gasteiger partial charge < -0.3 is 0 Å². The molecule has 1 saturated heterocycles. The van der Waals surface area contributed by atoms with Crippen LogP contribution in [0, 0.1) is 0 Å². The Morgan fingerprint density at radius 3 is 3.00 bits per heavy atom. The minimum atomic E-state index is 0.366. The van der Waals surface area contributed by atoms with Gasteiger partial charge >= 0.3 is 0 Å². The molecule has 0 aromatic rings. The number of rotatable bonds is 2. The Labute approximate surface area is 70.8 Å². The predicted octanol–water partition coefficient (Wildman–Crippen LogP) is 2.12. The van der Waals surface area contributed by atoms with Gasteiger partial charge in [0.15, 0.2) is 0 Å². The van der Waals surface area contributed by atoms with Crippen molar-refractivity contribution in [1.29, 1.82) is 0 Å². The van der Waals surface area contributed by atoms with Crippen molar-refractivity contribution in [2.75, 3.05) is 5.75 Å². The fraction of sp³-hybridized carbons (Fsp3) is 0.625. The van der Waals surface area contributed by atoms with Crippen LogP contribution in [-0.4, -0.2) is 17.1 Å². The van der Waals surface area contributed by atoms with Crippen molar-refractivity contribution in [3.8, 4) is 0 Å². The number of hydrogen-bond donors (Lipinski definition) is 0. The van der Waals surface area contributed by atoms with Gasteiger partial charge in [0.25, 0.3) is 0 Å². The Morgan fingerprint density at radius 1 is 1.64 bits per heavy atom. The summed E-state index contributed by atoms with van der Waals surface area (Å²) in [5.74, 6) is 1.16. The lowest BCUT2D eigenvalue weighted by Gasteiger charge is -2.19. The van der Waals surface area contributed by atoms with Crippen LogP contribution < -0.4 is 0 Å². The summed E-state index contributed by atoms with van der Waals surface area (Å²) in [6.07, 6.45) is 5.14. The molecule has 2 nitrogen and oxygen atoms in total. The van der Waals surface area contributed by atoms with E-state index in [0.29, 0.717) is 10.9 Å². The molecule has 0 radical (unpaired) electrons. The summed E-state index contributed by atoms with van der Waals surface area (Å²) in [7, 11) is 0. The van der Waals surface area contributed by atoms with Crippen LogP contribution in [-0.2, 0) is 4.79 Å². The highest BCUT2D eigenvalue weighted by molar-refractivity contribution is 8.00. The summed E-state index contributed by atoms with van der Waals surface area (Å²) in [5, 5.41) is 0.366. The van der Waals surface area contributed by atoms with Crippen molar-refractivity contribution < 1.29 is 4.79 Å². The number of hydrogen-bond acceptors (Lipinski definition) is 3. The second-order valence-electron chi connectivity index (χ2n) is 2.55. The van der Waals surface area contributed by atoms with Crippen LogP contribution in [0.4, 0.5) is 0 Å². The number of isocyanates is 1. The van der Waals surface area contributed by atoms with E-state index in [0.717, 1.165) is 12.2 Å². The average Bonchev–Trinajstić information content (AvgIpc) is 2.07. The Morgan fingerprint density at radius 2 is 2.45 bits per heavy atom. The zero-order valence-electron chi connectivity index (χ0n) is 6.38. The van der Waals surface area contributed by atoms with E-state index in [1.807, 2.05) is 11.8 Å². The molecule has 1 fully saturated rings. The third-order valence-corrected chi connectivity index (χ3v) is 3.18. The maximum absolute atomic E-state index is 9.90. The lowest BCUT2D eigenvalue weighted by atomic mass is 10.1. The van der Waals surface area contributed by atoms with Crippen molar-refractivity contribution in [3.63, 3.8) is 0 Å². The van der Waals surface area contributed by atoms with E-state index in [1.165, 1.54) is 18.9 Å². The van der Waals surface area contributed by atoms with Crippen molar-refractivity contribution in [2.24, 2.45) is 4.99 Å². The summed E-state index contributed by atoms with van der Waals surface area (Å²) < 4.78 is 0. The standard InChI is InChI=1S/C8H11NOS/c1-7(9-6-10)8-4-2-3-5-11-8/h8H,1-5H2. The first-order valence-corrected chi connectivity index (χ1v) is 4.77. The maximum atomic E-state index is 9.90. The molecule has 60 valence electrons. The highest BCUT2D eigenvalue weighted by Gasteiger charge is 2.16. The fourth-order valence-corrected chi connectivity index (χ4v) is 2.37. The molecule has 0 bridgehead atoms. The molecule has 1 aliphatic heterocycles. The summed E-state index contributed by atoms with van der Waals surface area (Å²) in [4.78, 5) is 13.4. The van der Waals surface area contributed by atoms with E-state index in [-0.39, 0.29) is 0 Å². The lowest BCUT2D eigenvalue weighted by molar-refractivity contribution is 0.564. The second-order valence-corrected chi connectivity index (χ2v) is 3.86. The zero-order valence-corrected chi connectivity index (χ0v) is 7.19. The summed E-state index contributed by atoms with van der Waals surface area (Å²) in [6, 6.07) is 0. The second kappa shape index (κ2) is 4.37. The van der Waals surface area contributed by atoms with Gasteiger partial charge in [0.05, 0.1) is 5.70 Å². The largest absolute Gasteiger partial charge is 0.240 e. The van der Waals surface area contributed by atoms with Gasteiger partial charge in [0.2, 0.25) is 6.08 Å². The van der Waals surface area contributed by atoms with E-state index >= 15 is 0 Å². The smallest absolute Gasteiger partial charge is 0.211 e. The van der Waals surface area contributed by atoms with E-state index in [1.54, 1.807) is 0 Å². The van der Waals surface area contributed by atoms with Crippen LogP contribution in [0.5, 0.6) is 0 Å². The molecular formula is C8H11NOS. The molecule has 0 amide bonds. The number of thioether (sulfide) groups is 1. The first-order chi connectivity index (χ1) is 5.34. The first kappa shape index (κ1) is 8.57. The molecule has 1 heterocycles. The monoisotopic (exact) mass is 169 g/mol. The molecule has 0 aromatic heterocycles. The van der Waals surface area contributed by atoms with Gasteiger partial charge in [-0.2, -0.15) is 16.8 Å². The average molecular weight is 169 g/mol. The first-order valence-electron chi connectivity index (χ1n) is 3.73. The summed E-state index contributed by atoms with van der Waals surface area (Å²) in [6.45, 7) is 3.72. The lowest BCUT2D eigenvalue weighted by Crippen LogP contribution is -2.10. The van der Waals surface area contributed by atoms with Crippen LogP contribution >= 0.6 is 11.8 Å². The van der Waals surface area contributed by atoms with Gasteiger partial charge in [0, 0.05) is 5.25 Å². The van der Waals surface area contributed by atoms with E-state index < -0.39 is 0 Å². The minimum absolute atomic E-state index is 0.366. The molecule has 0 aromatic carbocycles. The molecule has 11 heavy (non-hydrogen) atoms. The molecule has 1 unspecified atom stereocenters. The van der Waals surface area contributed by atoms with Gasteiger partial charge in [-0.15, -0.1) is 0 Å². The zero-order chi connectivity index (χ0) is 8.10. The SMILES string of the molecule is C=C(N=C=O)C1CCCCS1. The Balaban J connectivity index is 2.44. The Hall–Kier alpha value is -0.530. The van der Waals surface area contributed by atoms with Gasteiger partial charge in [-0.05, 0) is 18.6 Å². The van der Waals surface area contributed by atoms with Crippen molar-refractivity contribution in [2.45, 2.75) is 24.5 Å². The van der Waals surface area contributed by atoms with Crippen molar-refractivity contribution >= 4 is 17.8 Å². The van der Waals surface area contributed by atoms with Crippen LogP contribution in [0.2, 0.25) is 0 Å². The molecule has 1 rings (SSSR count). The molecule has 1 aliphatic rings. The highest BCUT2D eigenvalue weighted by atomic mass is 32.2. The quantitative estimate of drug-likeness (QED) is 0.468. The Bertz CT molecular complexity index is 190. The maximum Gasteiger partial charge on any atom is 0.240 e. The van der Waals surface area contributed by atoms with Crippen LogP contribution in [0.15, 0.2) is 17.3 Å². The third-order valence-electron chi connectivity index (χ3n) is 1.74. The van der Waals surface area contributed by atoms with E-state index in [4.69, 9.17) is 0 Å². The fourth-order valence-electron chi connectivity index (χ4n) is 1.13. The van der Waals surface area contributed by atoms with Crippen LogP contribution in [0.25, 0.3) is 0 Å². The molecule has 0 aliphatic carbocycles. The number of nitrogens with zero attached hydrogens (tertiary/aromatic N) is 1. The normalized spacial score (nSPS) is 23.8. The molecule has 0 saturated carbocycles. The molecule has 0 spiro atoms. The van der Waals surface area contributed by atoms with Gasteiger partial charge in [-0.3, -0.25) is 0 Å². The molecular weight excluding hydrogens is 158 g/mol. The van der Waals surface area contributed by atoms with E-state index in [2.05, 4.69) is 11.6 Å². The summed E-state index contributed by atoms with van der Waals surface area (Å²) >= 11 is 1.84. The number of carbonyl (C=O) groups excluding carboxylic acids is 1. The Kier molecular flexibility index (Phi) is 3.40. The van der Waals surface area contributed by atoms with Gasteiger partial charge in [-0.25, -0.2) is 4.79 Å². The van der Waals surface area contributed by atoms with Gasteiger partial charge in [-0.1, -0.05) is 13.0 Å². The summed E-state index contributed by atoms with van der Waals surface area (Å²) in [5.41, 5.74) is 0.685.